The lowest BCUT2D eigenvalue weighted by Gasteiger charge is -2.32. The van der Waals surface area contributed by atoms with Gasteiger partial charge in [-0.1, -0.05) is 5.10 Å². The quantitative estimate of drug-likeness (QED) is 0.483. The van der Waals surface area contributed by atoms with Crippen molar-refractivity contribution in [3.8, 4) is 0 Å². The second-order valence-electron chi connectivity index (χ2n) is 8.91. The number of hydrogen-bond acceptors (Lipinski definition) is 6. The number of aryl methyl sites for hydroxylation is 1. The van der Waals surface area contributed by atoms with E-state index in [4.69, 9.17) is 4.74 Å². The fourth-order valence-electron chi connectivity index (χ4n) is 4.69. The van der Waals surface area contributed by atoms with Crippen LogP contribution in [0.3, 0.4) is 0 Å². The normalized spacial score (nSPS) is 17.8. The highest BCUT2D eigenvalue weighted by molar-refractivity contribution is 5.60. The molecule has 0 bridgehead atoms. The molecule has 1 atom stereocenters. The third-order valence-electron chi connectivity index (χ3n) is 6.35. The highest BCUT2D eigenvalue weighted by Crippen LogP contribution is 2.41. The number of fused-ring (bicyclic) bond motifs is 2. The van der Waals surface area contributed by atoms with Gasteiger partial charge < -0.3 is 15.0 Å². The first kappa shape index (κ1) is 24.3. The number of aromatic nitrogens is 4. The monoisotopic (exact) mass is 512 g/mol. The number of benzene rings is 2. The third-order valence-corrected chi connectivity index (χ3v) is 6.35. The molecule has 36 heavy (non-hydrogen) atoms. The Kier molecular flexibility index (Phi) is 6.05. The molecular formula is C23H22F6N6O. The van der Waals surface area contributed by atoms with E-state index in [0.717, 1.165) is 34.5 Å². The first-order valence-corrected chi connectivity index (χ1v) is 11.3. The highest BCUT2D eigenvalue weighted by Gasteiger charge is 2.38. The highest BCUT2D eigenvalue weighted by atomic mass is 19.4. The maximum Gasteiger partial charge on any atom is 0.416 e. The topological polar surface area (TPSA) is 68.1 Å². The van der Waals surface area contributed by atoms with E-state index < -0.39 is 29.5 Å². The van der Waals surface area contributed by atoms with Gasteiger partial charge in [-0.05, 0) is 70.6 Å². The molecule has 1 N–H and O–H groups in total. The Morgan fingerprint density at radius 2 is 1.67 bits per heavy atom. The van der Waals surface area contributed by atoms with Crippen LogP contribution in [0, 0.1) is 0 Å². The second-order valence-corrected chi connectivity index (χ2v) is 8.91. The zero-order valence-corrected chi connectivity index (χ0v) is 19.1. The van der Waals surface area contributed by atoms with Gasteiger partial charge in [0.05, 0.1) is 37.4 Å². The molecule has 0 amide bonds. The van der Waals surface area contributed by atoms with Crippen molar-refractivity contribution < 1.29 is 31.1 Å². The van der Waals surface area contributed by atoms with Crippen LogP contribution in [-0.4, -0.2) is 26.8 Å². The molecule has 2 aromatic carbocycles. The zero-order valence-electron chi connectivity index (χ0n) is 19.1. The molecule has 0 saturated heterocycles. The molecule has 0 spiro atoms. The maximum absolute atomic E-state index is 13.5. The minimum absolute atomic E-state index is 0.109. The van der Waals surface area contributed by atoms with E-state index in [0.29, 0.717) is 32.6 Å². The summed E-state index contributed by atoms with van der Waals surface area (Å²) >= 11 is 0. The minimum atomic E-state index is -4.94. The minimum Gasteiger partial charge on any atom is -0.385 e. The van der Waals surface area contributed by atoms with Gasteiger partial charge in [-0.25, -0.2) is 0 Å². The van der Waals surface area contributed by atoms with Crippen molar-refractivity contribution in [3.63, 3.8) is 0 Å². The molecule has 0 aliphatic carbocycles. The van der Waals surface area contributed by atoms with Crippen LogP contribution in [0.5, 0.6) is 0 Å². The van der Waals surface area contributed by atoms with Crippen LogP contribution in [0.15, 0.2) is 30.3 Å². The summed E-state index contributed by atoms with van der Waals surface area (Å²) in [6.07, 6.45) is -8.59. The lowest BCUT2D eigenvalue weighted by molar-refractivity contribution is -0.143. The molecule has 192 valence electrons. The molecule has 0 fully saturated rings. The van der Waals surface area contributed by atoms with Crippen LogP contribution in [0.2, 0.25) is 0 Å². The van der Waals surface area contributed by atoms with Crippen LogP contribution in [-0.2, 0) is 43.9 Å². The number of rotatable bonds is 4. The average molecular weight is 512 g/mol. The number of nitrogens with one attached hydrogen (secondary N) is 1. The van der Waals surface area contributed by atoms with Gasteiger partial charge in [0.15, 0.2) is 0 Å². The predicted molar refractivity (Wildman–Crippen MR) is 117 cm³/mol. The summed E-state index contributed by atoms with van der Waals surface area (Å²) in [6, 6.07) is 5.16. The van der Waals surface area contributed by atoms with Crippen molar-refractivity contribution in [2.45, 2.75) is 51.0 Å². The largest absolute Gasteiger partial charge is 0.416 e. The molecular weight excluding hydrogens is 490 g/mol. The number of hydrogen-bond donors (Lipinski definition) is 1. The molecule has 7 nitrogen and oxygen atoms in total. The number of tetrazole rings is 1. The number of alkyl halides is 6. The average Bonchev–Trinajstić information content (AvgIpc) is 3.39. The van der Waals surface area contributed by atoms with Gasteiger partial charge in [-0.3, -0.25) is 0 Å². The van der Waals surface area contributed by atoms with E-state index in [2.05, 4.69) is 20.7 Å². The lowest BCUT2D eigenvalue weighted by Crippen LogP contribution is -2.30. The summed E-state index contributed by atoms with van der Waals surface area (Å²) in [5.74, 6) is 0.109. The fourth-order valence-corrected chi connectivity index (χ4v) is 4.69. The number of halogens is 6. The Balaban J connectivity index is 1.61. The number of anilines is 2. The van der Waals surface area contributed by atoms with Crippen molar-refractivity contribution in [1.82, 2.24) is 20.2 Å². The molecule has 2 aliphatic rings. The molecule has 5 rings (SSSR count). The Bertz CT molecular complexity index is 1240. The Labute approximate surface area is 202 Å². The van der Waals surface area contributed by atoms with Crippen molar-refractivity contribution in [2.24, 2.45) is 7.05 Å². The first-order chi connectivity index (χ1) is 17.0. The van der Waals surface area contributed by atoms with Crippen LogP contribution >= 0.6 is 0 Å². The van der Waals surface area contributed by atoms with Gasteiger partial charge in [0, 0.05) is 18.8 Å². The summed E-state index contributed by atoms with van der Waals surface area (Å²) in [4.78, 5) is 2.82. The van der Waals surface area contributed by atoms with Gasteiger partial charge in [0.1, 0.15) is 0 Å². The smallest absolute Gasteiger partial charge is 0.385 e. The predicted octanol–water partition coefficient (Wildman–Crippen LogP) is 5.23. The van der Waals surface area contributed by atoms with E-state index in [9.17, 15) is 26.3 Å². The Hall–Kier alpha value is -3.35. The van der Waals surface area contributed by atoms with Crippen molar-refractivity contribution in [1.29, 1.82) is 0 Å². The summed E-state index contributed by atoms with van der Waals surface area (Å²) in [5.41, 5.74) is 0.844. The summed E-state index contributed by atoms with van der Waals surface area (Å²) < 4.78 is 86.5. The molecule has 2 aliphatic heterocycles. The molecule has 1 aromatic heterocycles. The summed E-state index contributed by atoms with van der Waals surface area (Å²) in [5, 5.41) is 15.5. The second kappa shape index (κ2) is 8.95. The first-order valence-electron chi connectivity index (χ1n) is 11.3. The summed E-state index contributed by atoms with van der Waals surface area (Å²) in [6.45, 7) is 1.29. The van der Waals surface area contributed by atoms with E-state index in [-0.39, 0.29) is 24.1 Å². The van der Waals surface area contributed by atoms with Gasteiger partial charge in [-0.2, -0.15) is 31.1 Å². The molecule has 3 heterocycles. The SMILES string of the molecule is Cn1nnc(N(Cc2cc(C(F)(F)F)cc(C(F)(F)F)c2)[C@H]2CCCNc3cc4c(cc32)COC4)n1. The number of nitrogens with zero attached hydrogens (tertiary/aromatic N) is 5. The van der Waals surface area contributed by atoms with Gasteiger partial charge in [0.2, 0.25) is 0 Å². The van der Waals surface area contributed by atoms with Crippen LogP contribution in [0.1, 0.15) is 52.3 Å². The third kappa shape index (κ3) is 4.84. The van der Waals surface area contributed by atoms with Crippen LogP contribution in [0.25, 0.3) is 0 Å². The molecule has 0 saturated carbocycles. The van der Waals surface area contributed by atoms with E-state index in [1.165, 1.54) is 11.8 Å². The van der Waals surface area contributed by atoms with Crippen molar-refractivity contribution in [2.75, 3.05) is 16.8 Å². The van der Waals surface area contributed by atoms with Crippen molar-refractivity contribution in [3.05, 3.63) is 63.7 Å². The number of ether oxygens (including phenoxy) is 1. The lowest BCUT2D eigenvalue weighted by atomic mass is 9.95. The van der Waals surface area contributed by atoms with E-state index >= 15 is 0 Å². The molecule has 13 heteroatoms. The van der Waals surface area contributed by atoms with Crippen molar-refractivity contribution >= 4 is 11.6 Å². The standard InChI is InChI=1S/C23H22F6N6O/c1-34-32-21(31-33-34)35(10-13-5-16(22(24,25)26)9-17(6-13)23(27,28)29)20-3-2-4-30-19-8-15-12-36-11-14(15)7-18(19)20/h5-9,20,30H,2-4,10-12H2,1H3/t20-/m0/s1. The van der Waals surface area contributed by atoms with E-state index in [1.807, 2.05) is 12.1 Å². The van der Waals surface area contributed by atoms with Gasteiger partial charge in [0.25, 0.3) is 5.95 Å². The Morgan fingerprint density at radius 3 is 2.28 bits per heavy atom. The zero-order chi connectivity index (χ0) is 25.7. The van der Waals surface area contributed by atoms with Gasteiger partial charge >= 0.3 is 12.4 Å². The van der Waals surface area contributed by atoms with Crippen LogP contribution < -0.4 is 10.2 Å². The maximum atomic E-state index is 13.5. The van der Waals surface area contributed by atoms with Gasteiger partial charge in [-0.15, -0.1) is 5.10 Å². The molecule has 0 radical (unpaired) electrons. The molecule has 3 aromatic rings. The van der Waals surface area contributed by atoms with E-state index in [1.54, 1.807) is 4.90 Å². The fraction of sp³-hybridized carbons (Fsp3) is 0.435. The molecule has 0 unspecified atom stereocenters. The summed E-state index contributed by atoms with van der Waals surface area (Å²) in [7, 11) is 1.54. The van der Waals surface area contributed by atoms with Crippen LogP contribution in [0.4, 0.5) is 38.0 Å². The Morgan fingerprint density at radius 1 is 1.00 bits per heavy atom.